The van der Waals surface area contributed by atoms with Crippen molar-refractivity contribution in [3.63, 3.8) is 0 Å². The Morgan fingerprint density at radius 2 is 2.05 bits per heavy atom. The highest BCUT2D eigenvalue weighted by molar-refractivity contribution is 6.33. The molecule has 20 heavy (non-hydrogen) atoms. The van der Waals surface area contributed by atoms with Gasteiger partial charge in [-0.15, -0.1) is 5.10 Å². The number of halogens is 1. The smallest absolute Gasteiger partial charge is 0.231 e. The van der Waals surface area contributed by atoms with E-state index >= 15 is 0 Å². The lowest BCUT2D eigenvalue weighted by Crippen LogP contribution is -2.01. The fraction of sp³-hybridized carbons (Fsp3) is 0.133. The van der Waals surface area contributed by atoms with E-state index in [0.717, 1.165) is 16.9 Å². The number of benzene rings is 1. The minimum Gasteiger partial charge on any atom is -0.477 e. The van der Waals surface area contributed by atoms with Gasteiger partial charge in [0.15, 0.2) is 5.65 Å². The molecule has 3 aromatic rings. The predicted octanol–water partition coefficient (Wildman–Crippen LogP) is 3.65. The van der Waals surface area contributed by atoms with Gasteiger partial charge in [-0.3, -0.25) is 0 Å². The van der Waals surface area contributed by atoms with Crippen molar-refractivity contribution in [1.29, 1.82) is 0 Å². The van der Waals surface area contributed by atoms with E-state index in [1.54, 1.807) is 16.8 Å². The Labute approximate surface area is 122 Å². The van der Waals surface area contributed by atoms with Crippen LogP contribution in [0.4, 0.5) is 0 Å². The van der Waals surface area contributed by atoms with Crippen molar-refractivity contribution >= 4 is 17.2 Å². The largest absolute Gasteiger partial charge is 0.477 e. The van der Waals surface area contributed by atoms with E-state index in [2.05, 4.69) is 17.0 Å². The molecule has 0 saturated heterocycles. The number of imidazole rings is 1. The second kappa shape index (κ2) is 5.51. The average Bonchev–Trinajstić information content (AvgIpc) is 2.88. The molecule has 0 spiro atoms. The molecule has 0 aliphatic heterocycles. The number of aromatic nitrogens is 3. The van der Waals surface area contributed by atoms with Gasteiger partial charge in [-0.05, 0) is 25.5 Å². The zero-order valence-corrected chi connectivity index (χ0v) is 11.5. The summed E-state index contributed by atoms with van der Waals surface area (Å²) >= 11 is 6.23. The van der Waals surface area contributed by atoms with Gasteiger partial charge in [0.25, 0.3) is 0 Å². The lowest BCUT2D eigenvalue weighted by molar-refractivity contribution is 0.307. The molecule has 2 aromatic heterocycles. The van der Waals surface area contributed by atoms with E-state index in [0.29, 0.717) is 23.9 Å². The fourth-order valence-corrected chi connectivity index (χ4v) is 2.20. The molecule has 0 fully saturated rings. The number of hydrogen-bond donors (Lipinski definition) is 0. The van der Waals surface area contributed by atoms with Gasteiger partial charge in [0.1, 0.15) is 0 Å². The number of rotatable bonds is 4. The van der Waals surface area contributed by atoms with Crippen molar-refractivity contribution in [2.75, 3.05) is 6.61 Å². The summed E-state index contributed by atoms with van der Waals surface area (Å²) in [6.45, 7) is 4.28. The van der Waals surface area contributed by atoms with Crippen LogP contribution in [0.25, 0.3) is 16.9 Å². The SMILES string of the molecule is [CH2]CCOc1ccc2ncc(-c3ccccc3Cl)n2n1. The van der Waals surface area contributed by atoms with E-state index in [4.69, 9.17) is 16.3 Å². The molecule has 0 N–H and O–H groups in total. The van der Waals surface area contributed by atoms with Gasteiger partial charge in [0, 0.05) is 11.6 Å². The first-order valence-electron chi connectivity index (χ1n) is 6.31. The third-order valence-corrected chi connectivity index (χ3v) is 3.21. The maximum absolute atomic E-state index is 6.23. The molecule has 5 heteroatoms. The van der Waals surface area contributed by atoms with Gasteiger partial charge in [0.2, 0.25) is 5.88 Å². The van der Waals surface area contributed by atoms with Crippen LogP contribution < -0.4 is 4.74 Å². The number of fused-ring (bicyclic) bond motifs is 1. The van der Waals surface area contributed by atoms with Crippen LogP contribution in [0.1, 0.15) is 6.42 Å². The summed E-state index contributed by atoms with van der Waals surface area (Å²) in [5, 5.41) is 5.10. The number of nitrogens with zero attached hydrogens (tertiary/aromatic N) is 3. The van der Waals surface area contributed by atoms with Crippen molar-refractivity contribution in [2.24, 2.45) is 0 Å². The van der Waals surface area contributed by atoms with Crippen molar-refractivity contribution in [1.82, 2.24) is 14.6 Å². The summed E-state index contributed by atoms with van der Waals surface area (Å²) in [6, 6.07) is 11.3. The van der Waals surface area contributed by atoms with Gasteiger partial charge in [0.05, 0.1) is 23.5 Å². The summed E-state index contributed by atoms with van der Waals surface area (Å²) in [6.07, 6.45) is 2.45. The van der Waals surface area contributed by atoms with E-state index in [9.17, 15) is 0 Å². The average molecular weight is 287 g/mol. The normalized spacial score (nSPS) is 10.9. The molecule has 1 radical (unpaired) electrons. The first-order chi connectivity index (χ1) is 9.79. The summed E-state index contributed by atoms with van der Waals surface area (Å²) in [5.74, 6) is 0.549. The number of ether oxygens (including phenoxy) is 1. The molecule has 101 valence electrons. The van der Waals surface area contributed by atoms with E-state index < -0.39 is 0 Å². The Bertz CT molecular complexity index is 739. The van der Waals surface area contributed by atoms with Crippen LogP contribution in [0.5, 0.6) is 5.88 Å². The van der Waals surface area contributed by atoms with E-state index in [1.165, 1.54) is 0 Å². The molecule has 0 unspecified atom stereocenters. The summed E-state index contributed by atoms with van der Waals surface area (Å²) in [5.41, 5.74) is 2.48. The molecule has 1 aromatic carbocycles. The Morgan fingerprint density at radius 3 is 2.85 bits per heavy atom. The van der Waals surface area contributed by atoms with Crippen molar-refractivity contribution in [3.8, 4) is 17.1 Å². The van der Waals surface area contributed by atoms with Crippen LogP contribution in [0.3, 0.4) is 0 Å². The minimum absolute atomic E-state index is 0.536. The molecular formula is C15H13ClN3O. The Hall–Kier alpha value is -2.07. The zero-order valence-electron chi connectivity index (χ0n) is 10.8. The maximum Gasteiger partial charge on any atom is 0.231 e. The summed E-state index contributed by atoms with van der Waals surface area (Å²) in [4.78, 5) is 4.33. The van der Waals surface area contributed by atoms with Crippen LogP contribution >= 0.6 is 11.6 Å². The molecule has 0 amide bonds. The standard InChI is InChI=1S/C15H13ClN3O/c1-2-9-20-15-8-7-14-17-10-13(19(14)18-15)11-5-3-4-6-12(11)16/h3-8,10H,1-2,9H2. The molecule has 0 atom stereocenters. The summed E-state index contributed by atoms with van der Waals surface area (Å²) < 4.78 is 7.23. The Morgan fingerprint density at radius 1 is 1.20 bits per heavy atom. The first-order valence-corrected chi connectivity index (χ1v) is 6.69. The van der Waals surface area contributed by atoms with E-state index in [1.807, 2.05) is 30.3 Å². The van der Waals surface area contributed by atoms with Crippen LogP contribution in [-0.4, -0.2) is 21.2 Å². The van der Waals surface area contributed by atoms with Gasteiger partial charge in [-0.2, -0.15) is 0 Å². The molecule has 0 bridgehead atoms. The molecule has 0 aliphatic carbocycles. The van der Waals surface area contributed by atoms with E-state index in [-0.39, 0.29) is 0 Å². The van der Waals surface area contributed by atoms with Crippen LogP contribution in [0, 0.1) is 6.92 Å². The third-order valence-electron chi connectivity index (χ3n) is 2.88. The molecular weight excluding hydrogens is 274 g/mol. The van der Waals surface area contributed by atoms with Gasteiger partial charge >= 0.3 is 0 Å². The molecule has 2 heterocycles. The summed E-state index contributed by atoms with van der Waals surface area (Å²) in [7, 11) is 0. The highest BCUT2D eigenvalue weighted by Crippen LogP contribution is 2.28. The van der Waals surface area contributed by atoms with Crippen LogP contribution in [-0.2, 0) is 0 Å². The second-order valence-electron chi connectivity index (χ2n) is 4.27. The maximum atomic E-state index is 6.23. The zero-order chi connectivity index (χ0) is 13.9. The quantitative estimate of drug-likeness (QED) is 0.735. The highest BCUT2D eigenvalue weighted by atomic mass is 35.5. The second-order valence-corrected chi connectivity index (χ2v) is 4.67. The highest BCUT2D eigenvalue weighted by Gasteiger charge is 2.10. The topological polar surface area (TPSA) is 39.4 Å². The fourth-order valence-electron chi connectivity index (χ4n) is 1.96. The Balaban J connectivity index is 2.10. The molecule has 4 nitrogen and oxygen atoms in total. The van der Waals surface area contributed by atoms with Crippen molar-refractivity contribution < 1.29 is 4.74 Å². The predicted molar refractivity (Wildman–Crippen MR) is 78.9 cm³/mol. The molecule has 3 rings (SSSR count). The van der Waals surface area contributed by atoms with Crippen LogP contribution in [0.15, 0.2) is 42.6 Å². The van der Waals surface area contributed by atoms with Crippen molar-refractivity contribution in [2.45, 2.75) is 6.42 Å². The Kier molecular flexibility index (Phi) is 3.56. The lowest BCUT2D eigenvalue weighted by Gasteiger charge is -2.06. The van der Waals surface area contributed by atoms with Gasteiger partial charge in [-0.25, -0.2) is 9.50 Å². The number of hydrogen-bond acceptors (Lipinski definition) is 3. The molecule has 0 aliphatic rings. The minimum atomic E-state index is 0.536. The monoisotopic (exact) mass is 286 g/mol. The van der Waals surface area contributed by atoms with Crippen molar-refractivity contribution in [3.05, 3.63) is 54.5 Å². The molecule has 0 saturated carbocycles. The third kappa shape index (κ3) is 2.34. The van der Waals surface area contributed by atoms with Crippen LogP contribution in [0.2, 0.25) is 5.02 Å². The first kappa shape index (κ1) is 12.9. The lowest BCUT2D eigenvalue weighted by atomic mass is 10.2. The van der Waals surface area contributed by atoms with Gasteiger partial charge in [-0.1, -0.05) is 29.8 Å². The van der Waals surface area contributed by atoms with Gasteiger partial charge < -0.3 is 4.74 Å².